The fourth-order valence-electron chi connectivity index (χ4n) is 2.34. The van der Waals surface area contributed by atoms with Crippen LogP contribution in [0.5, 0.6) is 0 Å². The van der Waals surface area contributed by atoms with Crippen molar-refractivity contribution in [1.82, 2.24) is 10.6 Å². The van der Waals surface area contributed by atoms with E-state index in [-0.39, 0.29) is 6.61 Å². The van der Waals surface area contributed by atoms with Crippen LogP contribution in [0.2, 0.25) is 0 Å². The van der Waals surface area contributed by atoms with Crippen LogP contribution in [0.25, 0.3) is 0 Å². The summed E-state index contributed by atoms with van der Waals surface area (Å²) in [6.45, 7) is 10.4. The van der Waals surface area contributed by atoms with Gasteiger partial charge in [-0.25, -0.2) is 9.59 Å². The number of hydrogen-bond donors (Lipinski definition) is 3. The lowest BCUT2D eigenvalue weighted by molar-refractivity contribution is -0.127. The molecule has 2 atom stereocenters. The number of ether oxygens (including phenoxy) is 2. The van der Waals surface area contributed by atoms with Crippen LogP contribution in [0, 0.1) is 0 Å². The summed E-state index contributed by atoms with van der Waals surface area (Å²) in [4.78, 5) is 48.3. The zero-order valence-electron chi connectivity index (χ0n) is 18.3. The Morgan fingerprint density at radius 3 is 2.07 bits per heavy atom. The standard InChI is InChI=1S/C21H31N3O6/c1-7-16(24-20(28)30-21(4,5)6)18(26)22-13(3)17(25)23-15-11-9-14(10-12-15)19(27)29-8-2/h9-13,16H,7-8H2,1-6H3,(H,22,26)(H,23,25)(H,24,28)/t13-,16+/m1/s1. The first kappa shape index (κ1) is 24.9. The SMILES string of the molecule is CCOC(=O)c1ccc(NC(=O)[C@@H](C)NC(=O)[C@H](CC)NC(=O)OC(C)(C)C)cc1. The summed E-state index contributed by atoms with van der Waals surface area (Å²) in [6.07, 6.45) is -0.377. The number of rotatable bonds is 8. The number of carbonyl (C=O) groups excluding carboxylic acids is 4. The lowest BCUT2D eigenvalue weighted by Crippen LogP contribution is -2.52. The minimum absolute atomic E-state index is 0.274. The molecule has 3 amide bonds. The first-order valence-electron chi connectivity index (χ1n) is 9.84. The highest BCUT2D eigenvalue weighted by Crippen LogP contribution is 2.11. The molecule has 3 N–H and O–H groups in total. The van der Waals surface area contributed by atoms with Crippen molar-refractivity contribution in [2.24, 2.45) is 0 Å². The van der Waals surface area contributed by atoms with Crippen LogP contribution >= 0.6 is 0 Å². The van der Waals surface area contributed by atoms with E-state index in [4.69, 9.17) is 9.47 Å². The van der Waals surface area contributed by atoms with Crippen molar-refractivity contribution in [2.45, 2.75) is 65.6 Å². The molecule has 0 aromatic heterocycles. The van der Waals surface area contributed by atoms with Crippen LogP contribution in [0.15, 0.2) is 24.3 Å². The van der Waals surface area contributed by atoms with Crippen molar-refractivity contribution in [3.63, 3.8) is 0 Å². The molecule has 166 valence electrons. The van der Waals surface area contributed by atoms with Crippen molar-refractivity contribution < 1.29 is 28.7 Å². The Morgan fingerprint density at radius 1 is 0.967 bits per heavy atom. The normalized spacial score (nSPS) is 12.9. The van der Waals surface area contributed by atoms with E-state index < -0.39 is 41.6 Å². The Hall–Kier alpha value is -3.10. The third-order valence-corrected chi connectivity index (χ3v) is 3.83. The fourth-order valence-corrected chi connectivity index (χ4v) is 2.34. The predicted octanol–water partition coefficient (Wildman–Crippen LogP) is 2.61. The van der Waals surface area contributed by atoms with Gasteiger partial charge < -0.3 is 25.4 Å². The molecule has 1 aromatic carbocycles. The largest absolute Gasteiger partial charge is 0.462 e. The smallest absolute Gasteiger partial charge is 0.408 e. The van der Waals surface area contributed by atoms with E-state index in [2.05, 4.69) is 16.0 Å². The molecule has 0 aliphatic carbocycles. The monoisotopic (exact) mass is 421 g/mol. The van der Waals surface area contributed by atoms with Gasteiger partial charge in [-0.05, 0) is 65.3 Å². The number of carbonyl (C=O) groups is 4. The van der Waals surface area contributed by atoms with Gasteiger partial charge in [0.15, 0.2) is 0 Å². The van der Waals surface area contributed by atoms with Gasteiger partial charge in [0, 0.05) is 5.69 Å². The summed E-state index contributed by atoms with van der Waals surface area (Å²) in [5, 5.41) is 7.72. The van der Waals surface area contributed by atoms with Crippen LogP contribution in [0.3, 0.4) is 0 Å². The van der Waals surface area contributed by atoms with E-state index in [0.29, 0.717) is 17.7 Å². The second-order valence-corrected chi connectivity index (χ2v) is 7.62. The molecule has 0 fully saturated rings. The first-order valence-corrected chi connectivity index (χ1v) is 9.84. The fraction of sp³-hybridized carbons (Fsp3) is 0.524. The molecule has 9 nitrogen and oxygen atoms in total. The van der Waals surface area contributed by atoms with Crippen molar-refractivity contribution >= 4 is 29.6 Å². The number of alkyl carbamates (subject to hydrolysis) is 1. The van der Waals surface area contributed by atoms with Gasteiger partial charge in [-0.1, -0.05) is 6.92 Å². The van der Waals surface area contributed by atoms with E-state index in [1.807, 2.05) is 0 Å². The lowest BCUT2D eigenvalue weighted by atomic mass is 10.1. The van der Waals surface area contributed by atoms with Crippen molar-refractivity contribution in [1.29, 1.82) is 0 Å². The zero-order chi connectivity index (χ0) is 22.9. The van der Waals surface area contributed by atoms with Crippen LogP contribution in [0.4, 0.5) is 10.5 Å². The highest BCUT2D eigenvalue weighted by Gasteiger charge is 2.25. The summed E-state index contributed by atoms with van der Waals surface area (Å²) < 4.78 is 10.1. The van der Waals surface area contributed by atoms with Gasteiger partial charge in [0.05, 0.1) is 12.2 Å². The highest BCUT2D eigenvalue weighted by atomic mass is 16.6. The number of nitrogens with one attached hydrogen (secondary N) is 3. The summed E-state index contributed by atoms with van der Waals surface area (Å²) >= 11 is 0. The molecule has 0 saturated heterocycles. The van der Waals surface area contributed by atoms with Crippen LogP contribution in [-0.4, -0.2) is 48.2 Å². The topological polar surface area (TPSA) is 123 Å². The van der Waals surface area contributed by atoms with Gasteiger partial charge in [-0.15, -0.1) is 0 Å². The maximum Gasteiger partial charge on any atom is 0.408 e. The molecular weight excluding hydrogens is 390 g/mol. The van der Waals surface area contributed by atoms with Gasteiger partial charge in [-0.2, -0.15) is 0 Å². The molecule has 9 heteroatoms. The third kappa shape index (κ3) is 8.50. The number of esters is 1. The molecule has 0 bridgehead atoms. The molecule has 0 saturated carbocycles. The summed E-state index contributed by atoms with van der Waals surface area (Å²) in [5.74, 6) is -1.39. The average Bonchev–Trinajstić information content (AvgIpc) is 2.65. The summed E-state index contributed by atoms with van der Waals surface area (Å²) in [7, 11) is 0. The maximum atomic E-state index is 12.4. The van der Waals surface area contributed by atoms with Gasteiger partial charge in [0.1, 0.15) is 17.7 Å². The zero-order valence-corrected chi connectivity index (χ0v) is 18.3. The molecule has 0 aliphatic rings. The van der Waals surface area contributed by atoms with Crippen molar-refractivity contribution in [3.05, 3.63) is 29.8 Å². The Bertz CT molecular complexity index is 755. The lowest BCUT2D eigenvalue weighted by Gasteiger charge is -2.23. The predicted molar refractivity (Wildman–Crippen MR) is 112 cm³/mol. The van der Waals surface area contributed by atoms with E-state index in [1.165, 1.54) is 19.1 Å². The van der Waals surface area contributed by atoms with E-state index >= 15 is 0 Å². The molecule has 1 aromatic rings. The van der Waals surface area contributed by atoms with Crippen LogP contribution in [-0.2, 0) is 19.1 Å². The van der Waals surface area contributed by atoms with E-state index in [1.54, 1.807) is 46.8 Å². The molecule has 0 spiro atoms. The van der Waals surface area contributed by atoms with E-state index in [0.717, 1.165) is 0 Å². The minimum Gasteiger partial charge on any atom is -0.462 e. The minimum atomic E-state index is -0.850. The number of amides is 3. The second-order valence-electron chi connectivity index (χ2n) is 7.62. The quantitative estimate of drug-likeness (QED) is 0.555. The average molecular weight is 421 g/mol. The molecule has 0 unspecified atom stereocenters. The Morgan fingerprint density at radius 2 is 1.57 bits per heavy atom. The van der Waals surface area contributed by atoms with Crippen LogP contribution < -0.4 is 16.0 Å². The second kappa shape index (κ2) is 11.2. The van der Waals surface area contributed by atoms with E-state index in [9.17, 15) is 19.2 Å². The first-order chi connectivity index (χ1) is 14.0. The molecule has 0 aliphatic heterocycles. The molecule has 0 heterocycles. The number of anilines is 1. The third-order valence-electron chi connectivity index (χ3n) is 3.83. The molecular formula is C21H31N3O6. The van der Waals surface area contributed by atoms with Crippen molar-refractivity contribution in [3.8, 4) is 0 Å². The van der Waals surface area contributed by atoms with Gasteiger partial charge in [-0.3, -0.25) is 9.59 Å². The molecule has 1 rings (SSSR count). The number of benzene rings is 1. The molecule has 30 heavy (non-hydrogen) atoms. The van der Waals surface area contributed by atoms with Crippen molar-refractivity contribution in [2.75, 3.05) is 11.9 Å². The van der Waals surface area contributed by atoms with Gasteiger partial charge >= 0.3 is 12.1 Å². The maximum absolute atomic E-state index is 12.4. The van der Waals surface area contributed by atoms with Crippen LogP contribution in [0.1, 0.15) is 58.3 Å². The van der Waals surface area contributed by atoms with Gasteiger partial charge in [0.25, 0.3) is 0 Å². The summed E-state index contributed by atoms with van der Waals surface area (Å²) in [6, 6.07) is 4.52. The highest BCUT2D eigenvalue weighted by molar-refractivity contribution is 5.98. The Labute approximate surface area is 176 Å². The Balaban J connectivity index is 2.62. The Kier molecular flexibility index (Phi) is 9.29. The summed E-state index contributed by atoms with van der Waals surface area (Å²) in [5.41, 5.74) is 0.151. The number of hydrogen-bond acceptors (Lipinski definition) is 6. The van der Waals surface area contributed by atoms with Gasteiger partial charge in [0.2, 0.25) is 11.8 Å². The molecule has 0 radical (unpaired) electrons.